The summed E-state index contributed by atoms with van der Waals surface area (Å²) in [5.41, 5.74) is 0.860. The van der Waals surface area contributed by atoms with E-state index in [0.29, 0.717) is 13.1 Å². The number of amides is 1. The van der Waals surface area contributed by atoms with Crippen LogP contribution in [0.4, 0.5) is 0 Å². The average Bonchev–Trinajstić information content (AvgIpc) is 2.69. The van der Waals surface area contributed by atoms with E-state index in [4.69, 9.17) is 27.9 Å². The first-order chi connectivity index (χ1) is 14.2. The van der Waals surface area contributed by atoms with Crippen LogP contribution in [0.15, 0.2) is 47.4 Å². The number of carbonyl (C=O) groups excluding carboxylic acids is 1. The van der Waals surface area contributed by atoms with Gasteiger partial charge in [-0.2, -0.15) is 4.31 Å². The molecular weight excluding hydrogens is 447 g/mol. The SMILES string of the molecule is CC(C)Oc1cccc(CC(=O)N2CCN(S(=O)(=O)c3cccc(Cl)c3Cl)CC2)c1. The molecule has 0 aromatic heterocycles. The highest BCUT2D eigenvalue weighted by Gasteiger charge is 2.31. The lowest BCUT2D eigenvalue weighted by molar-refractivity contribution is -0.131. The maximum absolute atomic E-state index is 12.9. The van der Waals surface area contributed by atoms with Crippen molar-refractivity contribution in [1.29, 1.82) is 0 Å². The molecule has 1 heterocycles. The van der Waals surface area contributed by atoms with Crippen molar-refractivity contribution in [2.45, 2.75) is 31.3 Å². The highest BCUT2D eigenvalue weighted by molar-refractivity contribution is 7.89. The van der Waals surface area contributed by atoms with Gasteiger partial charge in [-0.25, -0.2) is 8.42 Å². The Morgan fingerprint density at radius 1 is 1.07 bits per heavy atom. The van der Waals surface area contributed by atoms with Crippen molar-refractivity contribution in [3.63, 3.8) is 0 Å². The number of carbonyl (C=O) groups is 1. The standard InChI is InChI=1S/C21H24Cl2N2O4S/c1-15(2)29-17-6-3-5-16(13-17)14-20(26)24-9-11-25(12-10-24)30(27,28)19-8-4-7-18(22)21(19)23/h3-8,13,15H,9-12,14H2,1-2H3. The fraction of sp³-hybridized carbons (Fsp3) is 0.381. The summed E-state index contributed by atoms with van der Waals surface area (Å²) in [5, 5.41) is 0.205. The van der Waals surface area contributed by atoms with Gasteiger partial charge in [-0.05, 0) is 43.7 Å². The summed E-state index contributed by atoms with van der Waals surface area (Å²) in [6, 6.07) is 12.0. The zero-order valence-corrected chi connectivity index (χ0v) is 19.2. The predicted octanol–water partition coefficient (Wildman–Crippen LogP) is 3.86. The van der Waals surface area contributed by atoms with Crippen LogP contribution in [0, 0.1) is 0 Å². The molecule has 1 aliphatic heterocycles. The average molecular weight is 471 g/mol. The maximum Gasteiger partial charge on any atom is 0.244 e. The fourth-order valence-electron chi connectivity index (χ4n) is 3.29. The van der Waals surface area contributed by atoms with Crippen molar-refractivity contribution in [2.75, 3.05) is 26.2 Å². The molecule has 6 nitrogen and oxygen atoms in total. The second kappa shape index (κ2) is 9.56. The molecule has 1 saturated heterocycles. The molecule has 0 radical (unpaired) electrons. The van der Waals surface area contributed by atoms with Crippen molar-refractivity contribution >= 4 is 39.1 Å². The number of nitrogens with zero attached hydrogens (tertiary/aromatic N) is 2. The van der Waals surface area contributed by atoms with Crippen molar-refractivity contribution in [2.24, 2.45) is 0 Å². The lowest BCUT2D eigenvalue weighted by atomic mass is 10.1. The van der Waals surface area contributed by atoms with Gasteiger partial charge in [0.05, 0.1) is 22.6 Å². The molecule has 1 aliphatic rings. The van der Waals surface area contributed by atoms with E-state index in [1.165, 1.54) is 10.4 Å². The third kappa shape index (κ3) is 5.27. The Bertz CT molecular complexity index is 1020. The summed E-state index contributed by atoms with van der Waals surface area (Å²) in [4.78, 5) is 14.4. The summed E-state index contributed by atoms with van der Waals surface area (Å²) in [6.45, 7) is 4.93. The molecule has 30 heavy (non-hydrogen) atoms. The van der Waals surface area contributed by atoms with Crippen molar-refractivity contribution in [3.8, 4) is 5.75 Å². The molecule has 0 saturated carbocycles. The minimum Gasteiger partial charge on any atom is -0.491 e. The van der Waals surface area contributed by atoms with Crippen LogP contribution in [0.1, 0.15) is 19.4 Å². The molecule has 2 aromatic carbocycles. The van der Waals surface area contributed by atoms with Crippen molar-refractivity contribution in [3.05, 3.63) is 58.1 Å². The third-order valence-electron chi connectivity index (χ3n) is 4.75. The van der Waals surface area contributed by atoms with E-state index in [-0.39, 0.29) is 46.5 Å². The van der Waals surface area contributed by atoms with Gasteiger partial charge in [0.1, 0.15) is 10.6 Å². The Morgan fingerprint density at radius 2 is 1.73 bits per heavy atom. The van der Waals surface area contributed by atoms with Crippen molar-refractivity contribution in [1.82, 2.24) is 9.21 Å². The van der Waals surface area contributed by atoms with E-state index >= 15 is 0 Å². The fourth-order valence-corrected chi connectivity index (χ4v) is 5.45. The third-order valence-corrected chi connectivity index (χ3v) is 7.62. The minimum atomic E-state index is -3.78. The normalized spacial score (nSPS) is 15.4. The van der Waals surface area contributed by atoms with Gasteiger partial charge < -0.3 is 9.64 Å². The van der Waals surface area contributed by atoms with Crippen LogP contribution in [0.5, 0.6) is 5.75 Å². The van der Waals surface area contributed by atoms with E-state index in [2.05, 4.69) is 0 Å². The molecule has 3 rings (SSSR count). The van der Waals surface area contributed by atoms with Gasteiger partial charge in [-0.15, -0.1) is 0 Å². The zero-order valence-electron chi connectivity index (χ0n) is 16.8. The van der Waals surface area contributed by atoms with E-state index in [1.54, 1.807) is 17.0 Å². The van der Waals surface area contributed by atoms with Gasteiger partial charge >= 0.3 is 0 Å². The number of ether oxygens (including phenoxy) is 1. The van der Waals surface area contributed by atoms with Gasteiger partial charge in [0.15, 0.2) is 0 Å². The lowest BCUT2D eigenvalue weighted by Gasteiger charge is -2.34. The number of halogens is 2. The largest absolute Gasteiger partial charge is 0.491 e. The molecule has 0 aliphatic carbocycles. The number of hydrogen-bond donors (Lipinski definition) is 0. The quantitative estimate of drug-likeness (QED) is 0.642. The molecule has 0 unspecified atom stereocenters. The van der Waals surface area contributed by atoms with Crippen LogP contribution in [0.2, 0.25) is 10.0 Å². The lowest BCUT2D eigenvalue weighted by Crippen LogP contribution is -2.50. The first kappa shape index (κ1) is 22.9. The first-order valence-electron chi connectivity index (χ1n) is 9.66. The molecule has 1 fully saturated rings. The minimum absolute atomic E-state index is 0.0150. The van der Waals surface area contributed by atoms with Crippen LogP contribution in [0.3, 0.4) is 0 Å². The molecule has 0 atom stereocenters. The highest BCUT2D eigenvalue weighted by atomic mass is 35.5. The Kier molecular flexibility index (Phi) is 7.29. The first-order valence-corrected chi connectivity index (χ1v) is 11.9. The Balaban J connectivity index is 1.62. The van der Waals surface area contributed by atoms with Gasteiger partial charge in [0.2, 0.25) is 15.9 Å². The highest BCUT2D eigenvalue weighted by Crippen LogP contribution is 2.31. The Morgan fingerprint density at radius 3 is 2.40 bits per heavy atom. The van der Waals surface area contributed by atoms with Gasteiger partial charge in [-0.3, -0.25) is 4.79 Å². The smallest absolute Gasteiger partial charge is 0.244 e. The molecule has 0 spiro atoms. The molecule has 0 N–H and O–H groups in total. The summed E-state index contributed by atoms with van der Waals surface area (Å²) in [5.74, 6) is 0.680. The monoisotopic (exact) mass is 470 g/mol. The number of rotatable bonds is 6. The Labute approximate surface area is 187 Å². The predicted molar refractivity (Wildman–Crippen MR) is 118 cm³/mol. The van der Waals surface area contributed by atoms with Crippen LogP contribution >= 0.6 is 23.2 Å². The van der Waals surface area contributed by atoms with E-state index < -0.39 is 10.0 Å². The second-order valence-electron chi connectivity index (χ2n) is 7.33. The Hall–Kier alpha value is -1.80. The van der Waals surface area contributed by atoms with E-state index in [1.807, 2.05) is 38.1 Å². The van der Waals surface area contributed by atoms with Crippen molar-refractivity contribution < 1.29 is 17.9 Å². The summed E-state index contributed by atoms with van der Waals surface area (Å²) in [7, 11) is -3.78. The topological polar surface area (TPSA) is 66.9 Å². The van der Waals surface area contributed by atoms with E-state index in [0.717, 1.165) is 11.3 Å². The number of hydrogen-bond acceptors (Lipinski definition) is 4. The summed E-state index contributed by atoms with van der Waals surface area (Å²) >= 11 is 12.1. The van der Waals surface area contributed by atoms with Crippen LogP contribution in [-0.4, -0.2) is 55.8 Å². The molecular formula is C21H24Cl2N2O4S. The molecule has 1 amide bonds. The van der Waals surface area contributed by atoms with Gasteiger partial charge in [0.25, 0.3) is 0 Å². The number of piperazine rings is 1. The number of sulfonamides is 1. The second-order valence-corrected chi connectivity index (χ2v) is 10.0. The summed E-state index contributed by atoms with van der Waals surface area (Å²) in [6.07, 6.45) is 0.293. The maximum atomic E-state index is 12.9. The van der Waals surface area contributed by atoms with Gasteiger partial charge in [0, 0.05) is 26.2 Å². The van der Waals surface area contributed by atoms with Crippen LogP contribution in [0.25, 0.3) is 0 Å². The molecule has 2 aromatic rings. The molecule has 162 valence electrons. The van der Waals surface area contributed by atoms with Gasteiger partial charge in [-0.1, -0.05) is 41.4 Å². The zero-order chi connectivity index (χ0) is 21.9. The molecule has 0 bridgehead atoms. The van der Waals surface area contributed by atoms with Crippen LogP contribution in [-0.2, 0) is 21.2 Å². The van der Waals surface area contributed by atoms with E-state index in [9.17, 15) is 13.2 Å². The summed E-state index contributed by atoms with van der Waals surface area (Å²) < 4.78 is 32.9. The van der Waals surface area contributed by atoms with Crippen LogP contribution < -0.4 is 4.74 Å². The molecule has 9 heteroatoms. The number of benzene rings is 2.